The first-order valence-electron chi connectivity index (χ1n) is 7.57. The molecule has 134 valence electrons. The average Bonchev–Trinajstić information content (AvgIpc) is 3.04. The van der Waals surface area contributed by atoms with E-state index in [0.717, 1.165) is 18.2 Å². The molecule has 0 saturated heterocycles. The first-order chi connectivity index (χ1) is 12.4. The minimum Gasteiger partial charge on any atom is -0.285 e. The van der Waals surface area contributed by atoms with E-state index >= 15 is 0 Å². The van der Waals surface area contributed by atoms with Gasteiger partial charge in [0, 0.05) is 18.7 Å². The number of anilines is 1. The molecule has 0 fully saturated rings. The van der Waals surface area contributed by atoms with E-state index in [1.54, 1.807) is 6.07 Å². The molecule has 0 spiro atoms. The highest BCUT2D eigenvalue weighted by Gasteiger charge is 2.26. The van der Waals surface area contributed by atoms with Crippen molar-refractivity contribution in [3.05, 3.63) is 54.0 Å². The molecule has 26 heavy (non-hydrogen) atoms. The van der Waals surface area contributed by atoms with Gasteiger partial charge in [-0.2, -0.15) is 5.26 Å². The van der Waals surface area contributed by atoms with Crippen LogP contribution in [0.15, 0.2) is 41.4 Å². The van der Waals surface area contributed by atoms with Crippen LogP contribution in [0.3, 0.4) is 0 Å². The zero-order valence-electron chi connectivity index (χ0n) is 13.6. The molecule has 0 bridgehead atoms. The van der Waals surface area contributed by atoms with Crippen molar-refractivity contribution in [3.63, 3.8) is 0 Å². The number of nitriles is 1. The predicted octanol–water partition coefficient (Wildman–Crippen LogP) is 2.29. The molecular weight excluding hydrogens is 364 g/mol. The lowest BCUT2D eigenvalue weighted by Gasteiger charge is -2.21. The molecule has 3 rings (SSSR count). The Morgan fingerprint density at radius 1 is 1.19 bits per heavy atom. The summed E-state index contributed by atoms with van der Waals surface area (Å²) in [5.41, 5.74) is 0.325. The fourth-order valence-electron chi connectivity index (χ4n) is 2.46. The number of halogens is 2. The highest BCUT2D eigenvalue weighted by atomic mass is 32.2. The number of sulfonamides is 1. The standard InChI is InChI=1S/C16H13F2N5O2S/c1-2-15-20-21-16-6-4-12(10-22(15)16)26(24,25)23(8-7-19)11-3-5-13(17)14(18)9-11/h3-6,9-10H,2,8H2,1H3. The van der Waals surface area contributed by atoms with Crippen molar-refractivity contribution in [3.8, 4) is 6.07 Å². The van der Waals surface area contributed by atoms with Crippen molar-refractivity contribution in [1.82, 2.24) is 14.6 Å². The van der Waals surface area contributed by atoms with E-state index in [1.807, 2.05) is 6.92 Å². The van der Waals surface area contributed by atoms with Crippen molar-refractivity contribution in [2.75, 3.05) is 10.8 Å². The van der Waals surface area contributed by atoms with Crippen LogP contribution in [-0.2, 0) is 16.4 Å². The molecule has 2 aromatic heterocycles. The molecule has 0 aliphatic rings. The third kappa shape index (κ3) is 2.97. The van der Waals surface area contributed by atoms with Crippen LogP contribution in [0.1, 0.15) is 12.7 Å². The normalized spacial score (nSPS) is 11.5. The smallest absolute Gasteiger partial charge is 0.266 e. The van der Waals surface area contributed by atoms with Crippen LogP contribution in [0.4, 0.5) is 14.5 Å². The van der Waals surface area contributed by atoms with E-state index in [-0.39, 0.29) is 10.6 Å². The van der Waals surface area contributed by atoms with Crippen LogP contribution in [0.5, 0.6) is 0 Å². The monoisotopic (exact) mass is 377 g/mol. The summed E-state index contributed by atoms with van der Waals surface area (Å²) < 4.78 is 54.9. The first-order valence-corrected chi connectivity index (χ1v) is 9.01. The Bertz CT molecular complexity index is 1120. The second-order valence-corrected chi connectivity index (χ2v) is 7.19. The van der Waals surface area contributed by atoms with Crippen molar-refractivity contribution in [2.45, 2.75) is 18.2 Å². The predicted molar refractivity (Wildman–Crippen MR) is 88.9 cm³/mol. The Balaban J connectivity index is 2.13. The highest BCUT2D eigenvalue weighted by molar-refractivity contribution is 7.92. The van der Waals surface area contributed by atoms with Gasteiger partial charge in [0.1, 0.15) is 17.3 Å². The second kappa shape index (κ2) is 6.68. The van der Waals surface area contributed by atoms with Gasteiger partial charge < -0.3 is 0 Å². The largest absolute Gasteiger partial charge is 0.285 e. The van der Waals surface area contributed by atoms with Crippen molar-refractivity contribution >= 4 is 21.4 Å². The summed E-state index contributed by atoms with van der Waals surface area (Å²) in [6.45, 7) is 1.29. The summed E-state index contributed by atoms with van der Waals surface area (Å²) in [6, 6.07) is 7.18. The molecule has 0 unspecified atom stereocenters. The lowest BCUT2D eigenvalue weighted by Crippen LogP contribution is -2.31. The van der Waals surface area contributed by atoms with Gasteiger partial charge in [0.05, 0.1) is 11.8 Å². The maximum absolute atomic E-state index is 13.5. The van der Waals surface area contributed by atoms with Gasteiger partial charge in [-0.25, -0.2) is 17.2 Å². The molecular formula is C16H13F2N5O2S. The molecule has 0 amide bonds. The number of pyridine rings is 1. The van der Waals surface area contributed by atoms with Crippen molar-refractivity contribution in [1.29, 1.82) is 5.26 Å². The molecule has 10 heteroatoms. The van der Waals surface area contributed by atoms with Gasteiger partial charge in [-0.15, -0.1) is 10.2 Å². The van der Waals surface area contributed by atoms with Crippen LogP contribution in [0.25, 0.3) is 5.65 Å². The summed E-state index contributed by atoms with van der Waals surface area (Å²) in [7, 11) is -4.19. The Kier molecular flexibility index (Phi) is 4.56. The maximum atomic E-state index is 13.5. The number of aromatic nitrogens is 3. The Morgan fingerprint density at radius 2 is 1.96 bits per heavy atom. The molecule has 0 aliphatic heterocycles. The number of hydrogen-bond donors (Lipinski definition) is 0. The molecule has 0 N–H and O–H groups in total. The van der Waals surface area contributed by atoms with E-state index in [2.05, 4.69) is 10.2 Å². The van der Waals surface area contributed by atoms with Crippen LogP contribution < -0.4 is 4.31 Å². The van der Waals surface area contributed by atoms with Crippen molar-refractivity contribution < 1.29 is 17.2 Å². The number of aryl methyl sites for hydroxylation is 1. The molecule has 0 radical (unpaired) electrons. The number of rotatable bonds is 5. The third-order valence-corrected chi connectivity index (χ3v) is 5.51. The molecule has 0 aliphatic carbocycles. The summed E-state index contributed by atoms with van der Waals surface area (Å²) in [4.78, 5) is -0.125. The van der Waals surface area contributed by atoms with Crippen LogP contribution >= 0.6 is 0 Å². The summed E-state index contributed by atoms with van der Waals surface area (Å²) >= 11 is 0. The minimum absolute atomic E-state index is 0.125. The number of benzene rings is 1. The van der Waals surface area contributed by atoms with E-state index in [9.17, 15) is 17.2 Å². The Morgan fingerprint density at radius 3 is 2.62 bits per heavy atom. The van der Waals surface area contributed by atoms with E-state index in [1.165, 1.54) is 22.7 Å². The van der Waals surface area contributed by atoms with Crippen LogP contribution in [0, 0.1) is 23.0 Å². The number of nitrogens with zero attached hydrogens (tertiary/aromatic N) is 5. The molecule has 0 saturated carbocycles. The molecule has 7 nitrogen and oxygen atoms in total. The lowest BCUT2D eigenvalue weighted by molar-refractivity contribution is 0.508. The Hall–Kier alpha value is -3.06. The minimum atomic E-state index is -4.19. The van der Waals surface area contributed by atoms with Gasteiger partial charge in [-0.3, -0.25) is 8.71 Å². The van der Waals surface area contributed by atoms with Gasteiger partial charge in [-0.1, -0.05) is 6.92 Å². The van der Waals surface area contributed by atoms with E-state index in [0.29, 0.717) is 22.2 Å². The van der Waals surface area contributed by atoms with Crippen molar-refractivity contribution in [2.24, 2.45) is 0 Å². The number of hydrogen-bond acceptors (Lipinski definition) is 5. The Labute approximate surface area is 148 Å². The van der Waals surface area contributed by atoms with Gasteiger partial charge in [0.15, 0.2) is 17.3 Å². The average molecular weight is 377 g/mol. The number of fused-ring (bicyclic) bond motifs is 1. The van der Waals surface area contributed by atoms with Crippen LogP contribution in [0.2, 0.25) is 0 Å². The first kappa shape index (κ1) is 17.8. The van der Waals surface area contributed by atoms with Gasteiger partial charge in [0.25, 0.3) is 10.0 Å². The molecule has 2 heterocycles. The highest BCUT2D eigenvalue weighted by Crippen LogP contribution is 2.25. The van der Waals surface area contributed by atoms with Gasteiger partial charge >= 0.3 is 0 Å². The van der Waals surface area contributed by atoms with Gasteiger partial charge in [0.2, 0.25) is 0 Å². The van der Waals surface area contributed by atoms with E-state index < -0.39 is 28.2 Å². The summed E-state index contributed by atoms with van der Waals surface area (Å²) in [6.07, 6.45) is 1.88. The SMILES string of the molecule is CCc1nnc2ccc(S(=O)(=O)N(CC#N)c3ccc(F)c(F)c3)cn12. The molecule has 1 aromatic carbocycles. The lowest BCUT2D eigenvalue weighted by atomic mass is 10.3. The molecule has 3 aromatic rings. The second-order valence-electron chi connectivity index (χ2n) is 5.33. The summed E-state index contributed by atoms with van der Waals surface area (Å²) in [5, 5.41) is 16.9. The zero-order valence-corrected chi connectivity index (χ0v) is 14.4. The maximum Gasteiger partial charge on any atom is 0.266 e. The third-order valence-electron chi connectivity index (χ3n) is 3.76. The van der Waals surface area contributed by atoms with Crippen LogP contribution in [-0.4, -0.2) is 29.6 Å². The van der Waals surface area contributed by atoms with Gasteiger partial charge in [-0.05, 0) is 24.3 Å². The fourth-order valence-corrected chi connectivity index (χ4v) is 3.81. The topological polar surface area (TPSA) is 91.4 Å². The quantitative estimate of drug-likeness (QED) is 0.636. The molecule has 0 atom stereocenters. The fraction of sp³-hybridized carbons (Fsp3) is 0.188. The zero-order chi connectivity index (χ0) is 18.9. The summed E-state index contributed by atoms with van der Waals surface area (Å²) in [5.74, 6) is -1.75. The van der Waals surface area contributed by atoms with E-state index in [4.69, 9.17) is 5.26 Å².